The van der Waals surface area contributed by atoms with Crippen LogP contribution in [0.4, 0.5) is 0 Å². The molecule has 2 amide bonds. The van der Waals surface area contributed by atoms with Crippen molar-refractivity contribution in [2.75, 3.05) is 68.5 Å². The number of carboxylic acids is 2. The summed E-state index contributed by atoms with van der Waals surface area (Å²) in [5.74, 6) is 0.0203. The third-order valence-electron chi connectivity index (χ3n) is 11.3. The van der Waals surface area contributed by atoms with E-state index in [2.05, 4.69) is 78.9 Å². The lowest BCUT2D eigenvalue weighted by Gasteiger charge is -2.28. The highest BCUT2D eigenvalue weighted by Crippen LogP contribution is 2.33. The summed E-state index contributed by atoms with van der Waals surface area (Å²) < 4.78 is 1.90. The Kier molecular flexibility index (Phi) is 46.5. The van der Waals surface area contributed by atoms with E-state index in [1.807, 2.05) is 0 Å². The number of nitrogens with zero attached hydrogens (tertiary/aromatic N) is 2. The highest BCUT2D eigenvalue weighted by atomic mass is 16.4. The standard InChI is InChI=1S/C48H96N4O2.2C2H4O2/c1-9-11-13-15-17-22-28-36-46(38-30-24-20-26-32-40-48(54)50-42-34-44-52(6,7)8)45(35-27-21-16-14-12-10-2)37-29-23-18-19-25-31-39-47(53)49-41-33-43-51(3,4)5;2*1-2(3)4/h17,22,45-46H,9-16,18-21,23-44H2,1-8H3;2*1H3,(H,3,4)/b22-17-;;. The molecular formula is C52H104N4O6. The minimum atomic E-state index is -1.08. The molecule has 62 heavy (non-hydrogen) atoms. The summed E-state index contributed by atoms with van der Waals surface area (Å²) in [7, 11) is 13.2. The SMILES string of the molecule is CC(=O)[O-].CC(=O)[O-].CCCCC/C=C\CCC(CCCCCCCC(=O)NCCC[N+](C)(C)C)C(CCCCCCCC)CCCCCCCCC(=O)NCCC[N+](C)(C)C. The molecule has 0 bridgehead atoms. The van der Waals surface area contributed by atoms with E-state index >= 15 is 0 Å². The van der Waals surface area contributed by atoms with Gasteiger partial charge < -0.3 is 39.4 Å². The third-order valence-corrected chi connectivity index (χ3v) is 11.3. The van der Waals surface area contributed by atoms with Gasteiger partial charge in [-0.2, -0.15) is 0 Å². The quantitative estimate of drug-likeness (QED) is 0.0357. The molecule has 0 saturated carbocycles. The van der Waals surface area contributed by atoms with Crippen molar-refractivity contribution >= 4 is 23.8 Å². The smallest absolute Gasteiger partial charge is 0.219 e. The molecule has 0 aromatic heterocycles. The first-order valence-corrected chi connectivity index (χ1v) is 25.5. The number of aliphatic carboxylic acids is 2. The van der Waals surface area contributed by atoms with E-state index in [4.69, 9.17) is 19.8 Å². The van der Waals surface area contributed by atoms with Gasteiger partial charge >= 0.3 is 0 Å². The summed E-state index contributed by atoms with van der Waals surface area (Å²) in [6, 6.07) is 0. The van der Waals surface area contributed by atoms with Gasteiger partial charge in [0.05, 0.1) is 55.4 Å². The van der Waals surface area contributed by atoms with Gasteiger partial charge in [-0.05, 0) is 64.2 Å². The molecule has 368 valence electrons. The summed E-state index contributed by atoms with van der Waals surface area (Å²) in [6.07, 6.45) is 42.5. The van der Waals surface area contributed by atoms with Crippen LogP contribution >= 0.6 is 0 Å². The number of carbonyl (C=O) groups is 4. The van der Waals surface area contributed by atoms with Gasteiger partial charge in [0.15, 0.2) is 0 Å². The zero-order chi connectivity index (χ0) is 47.3. The molecule has 0 aliphatic carbocycles. The molecule has 0 aromatic carbocycles. The maximum Gasteiger partial charge on any atom is 0.219 e. The van der Waals surface area contributed by atoms with E-state index in [1.54, 1.807) is 0 Å². The van der Waals surface area contributed by atoms with Crippen LogP contribution in [0.25, 0.3) is 0 Å². The van der Waals surface area contributed by atoms with Crippen LogP contribution in [0.15, 0.2) is 12.2 Å². The van der Waals surface area contributed by atoms with Crippen molar-refractivity contribution < 1.29 is 38.4 Å². The number of hydrogen-bond donors (Lipinski definition) is 2. The van der Waals surface area contributed by atoms with Crippen molar-refractivity contribution in [3.05, 3.63) is 12.2 Å². The number of carboxylic acid groups (broad SMARTS) is 2. The van der Waals surface area contributed by atoms with Crippen molar-refractivity contribution in [2.45, 2.75) is 220 Å². The van der Waals surface area contributed by atoms with Crippen LogP contribution in [0.2, 0.25) is 0 Å². The molecule has 0 aliphatic rings. The first-order chi connectivity index (χ1) is 29.3. The molecule has 10 nitrogen and oxygen atoms in total. The summed E-state index contributed by atoms with van der Waals surface area (Å²) in [4.78, 5) is 42.3. The monoisotopic (exact) mass is 881 g/mol. The van der Waals surface area contributed by atoms with Crippen LogP contribution in [0.5, 0.6) is 0 Å². The highest BCUT2D eigenvalue weighted by Gasteiger charge is 2.20. The number of hydrogen-bond acceptors (Lipinski definition) is 6. The molecular weight excluding hydrogens is 777 g/mol. The Hall–Kier alpha value is -2.46. The lowest BCUT2D eigenvalue weighted by molar-refractivity contribution is -0.870. The molecule has 2 unspecified atom stereocenters. The van der Waals surface area contributed by atoms with Gasteiger partial charge in [-0.1, -0.05) is 154 Å². The molecule has 0 radical (unpaired) electrons. The Morgan fingerprint density at radius 3 is 1.11 bits per heavy atom. The molecule has 0 fully saturated rings. The van der Waals surface area contributed by atoms with Gasteiger partial charge in [-0.25, -0.2) is 0 Å². The van der Waals surface area contributed by atoms with E-state index in [0.29, 0.717) is 12.8 Å². The number of quaternary nitrogens is 2. The van der Waals surface area contributed by atoms with Crippen molar-refractivity contribution in [1.82, 2.24) is 10.6 Å². The second kappa shape index (κ2) is 45.1. The van der Waals surface area contributed by atoms with Gasteiger partial charge in [0.2, 0.25) is 11.8 Å². The van der Waals surface area contributed by atoms with E-state index in [9.17, 15) is 9.59 Å². The number of unbranched alkanes of at least 4 members (excludes halogenated alkanes) is 17. The van der Waals surface area contributed by atoms with Crippen LogP contribution in [-0.2, 0) is 19.2 Å². The Bertz CT molecular complexity index is 1050. The zero-order valence-corrected chi connectivity index (χ0v) is 42.7. The molecule has 10 heteroatoms. The van der Waals surface area contributed by atoms with Crippen molar-refractivity contribution in [1.29, 1.82) is 0 Å². The highest BCUT2D eigenvalue weighted by molar-refractivity contribution is 5.76. The van der Waals surface area contributed by atoms with E-state index in [1.165, 1.54) is 154 Å². The fraction of sp³-hybridized carbons (Fsp3) is 0.885. The fourth-order valence-electron chi connectivity index (χ4n) is 7.84. The lowest BCUT2D eigenvalue weighted by Crippen LogP contribution is -2.37. The molecule has 0 aliphatic heterocycles. The summed E-state index contributed by atoms with van der Waals surface area (Å²) in [6.45, 7) is 10.4. The number of amides is 2. The zero-order valence-electron chi connectivity index (χ0n) is 42.7. The number of carbonyl (C=O) groups excluding carboxylic acids is 4. The minimum Gasteiger partial charge on any atom is -0.550 e. The largest absolute Gasteiger partial charge is 0.550 e. The minimum absolute atomic E-state index is 0.236. The summed E-state index contributed by atoms with van der Waals surface area (Å²) >= 11 is 0. The number of allylic oxidation sites excluding steroid dienone is 2. The second-order valence-electron chi connectivity index (χ2n) is 20.0. The van der Waals surface area contributed by atoms with Gasteiger partial charge in [-0.3, -0.25) is 9.59 Å². The topological polar surface area (TPSA) is 138 Å². The predicted molar refractivity (Wildman–Crippen MR) is 259 cm³/mol. The molecule has 0 saturated heterocycles. The van der Waals surface area contributed by atoms with Crippen molar-refractivity contribution in [2.24, 2.45) is 11.8 Å². The Morgan fingerprint density at radius 1 is 0.435 bits per heavy atom. The molecule has 0 aromatic rings. The maximum absolute atomic E-state index is 12.3. The maximum atomic E-state index is 12.3. The first kappa shape index (κ1) is 63.8. The Morgan fingerprint density at radius 2 is 0.742 bits per heavy atom. The third kappa shape index (κ3) is 59.6. The van der Waals surface area contributed by atoms with Gasteiger partial charge in [0, 0.05) is 50.7 Å². The molecule has 2 N–H and O–H groups in total. The molecule has 0 heterocycles. The van der Waals surface area contributed by atoms with Crippen LogP contribution in [0.1, 0.15) is 220 Å². The predicted octanol–water partition coefficient (Wildman–Crippen LogP) is 9.68. The number of nitrogens with one attached hydrogen (secondary N) is 2. The van der Waals surface area contributed by atoms with E-state index in [0.717, 1.165) is 86.5 Å². The van der Waals surface area contributed by atoms with Gasteiger partial charge in [0.25, 0.3) is 0 Å². The second-order valence-corrected chi connectivity index (χ2v) is 20.0. The van der Waals surface area contributed by atoms with Crippen LogP contribution in [0, 0.1) is 11.8 Å². The number of rotatable bonds is 40. The van der Waals surface area contributed by atoms with Crippen molar-refractivity contribution in [3.8, 4) is 0 Å². The van der Waals surface area contributed by atoms with E-state index < -0.39 is 11.9 Å². The summed E-state index contributed by atoms with van der Waals surface area (Å²) in [5.41, 5.74) is 0. The van der Waals surface area contributed by atoms with E-state index in [-0.39, 0.29) is 11.8 Å². The van der Waals surface area contributed by atoms with Crippen molar-refractivity contribution in [3.63, 3.8) is 0 Å². The average molecular weight is 881 g/mol. The lowest BCUT2D eigenvalue weighted by atomic mass is 9.78. The van der Waals surface area contributed by atoms with Gasteiger partial charge in [-0.15, -0.1) is 0 Å². The summed E-state index contributed by atoms with van der Waals surface area (Å²) in [5, 5.41) is 24.0. The normalized spacial score (nSPS) is 12.5. The molecule has 0 spiro atoms. The average Bonchev–Trinajstić information content (AvgIpc) is 3.17. The molecule has 2 atom stereocenters. The van der Waals surface area contributed by atoms with Crippen LogP contribution in [0.3, 0.4) is 0 Å². The first-order valence-electron chi connectivity index (χ1n) is 25.5. The Labute approximate surface area is 384 Å². The van der Waals surface area contributed by atoms with Crippen LogP contribution < -0.4 is 20.8 Å². The fourth-order valence-corrected chi connectivity index (χ4v) is 7.84. The Balaban J connectivity index is -0.00000397. The van der Waals surface area contributed by atoms with Gasteiger partial charge in [0.1, 0.15) is 0 Å². The molecule has 0 rings (SSSR count). The van der Waals surface area contributed by atoms with Crippen LogP contribution in [-0.4, -0.2) is 101 Å².